The lowest BCUT2D eigenvalue weighted by Crippen LogP contribution is -2.24. The molecule has 4 nitrogen and oxygen atoms in total. The van der Waals surface area contributed by atoms with E-state index < -0.39 is 11.9 Å². The average Bonchev–Trinajstić information content (AvgIpc) is 2.56. The van der Waals surface area contributed by atoms with Crippen molar-refractivity contribution in [3.8, 4) is 5.75 Å². The van der Waals surface area contributed by atoms with Crippen molar-refractivity contribution in [3.63, 3.8) is 0 Å². The van der Waals surface area contributed by atoms with Gasteiger partial charge in [-0.3, -0.25) is 9.59 Å². The lowest BCUT2D eigenvalue weighted by atomic mass is 9.90. The summed E-state index contributed by atoms with van der Waals surface area (Å²) in [7, 11) is 1.56. The predicted octanol–water partition coefficient (Wildman–Crippen LogP) is 3.22. The molecule has 0 aliphatic carbocycles. The van der Waals surface area contributed by atoms with Crippen LogP contribution >= 0.6 is 0 Å². The number of carbonyl (C=O) groups excluding carboxylic acids is 2. The first-order valence-corrected chi connectivity index (χ1v) is 7.07. The fourth-order valence-electron chi connectivity index (χ4n) is 2.19. The predicted molar refractivity (Wildman–Crippen MR) is 83.1 cm³/mol. The quantitative estimate of drug-likeness (QED) is 0.467. The zero-order valence-corrected chi connectivity index (χ0v) is 12.6. The van der Waals surface area contributed by atoms with Crippen LogP contribution in [0.3, 0.4) is 0 Å². The van der Waals surface area contributed by atoms with Gasteiger partial charge in [-0.1, -0.05) is 30.3 Å². The molecule has 0 saturated carbocycles. The molecule has 0 spiro atoms. The Balaban J connectivity index is 2.35. The number of carbonyl (C=O) groups is 2. The summed E-state index contributed by atoms with van der Waals surface area (Å²) in [6.07, 6.45) is 0. The SMILES string of the molecule is CCOC(=O)C(C(=O)c1ccc(OC)cc1)c1ccccc1. The van der Waals surface area contributed by atoms with Gasteiger partial charge in [0.25, 0.3) is 0 Å². The normalized spacial score (nSPS) is 11.5. The van der Waals surface area contributed by atoms with E-state index in [2.05, 4.69) is 0 Å². The van der Waals surface area contributed by atoms with Gasteiger partial charge in [0.2, 0.25) is 0 Å². The molecule has 2 rings (SSSR count). The molecule has 0 N–H and O–H groups in total. The number of benzene rings is 2. The highest BCUT2D eigenvalue weighted by Crippen LogP contribution is 2.24. The fraction of sp³-hybridized carbons (Fsp3) is 0.222. The van der Waals surface area contributed by atoms with Gasteiger partial charge in [0.05, 0.1) is 13.7 Å². The summed E-state index contributed by atoms with van der Waals surface area (Å²) < 4.78 is 10.1. The topological polar surface area (TPSA) is 52.6 Å². The molecule has 4 heteroatoms. The number of rotatable bonds is 6. The minimum absolute atomic E-state index is 0.234. The van der Waals surface area contributed by atoms with E-state index in [0.29, 0.717) is 16.9 Å². The van der Waals surface area contributed by atoms with Crippen molar-refractivity contribution < 1.29 is 19.1 Å². The molecule has 0 aliphatic heterocycles. The van der Waals surface area contributed by atoms with Crippen LogP contribution in [0.4, 0.5) is 0 Å². The molecule has 1 atom stereocenters. The summed E-state index contributed by atoms with van der Waals surface area (Å²) in [5.41, 5.74) is 1.07. The molecular formula is C18H18O4. The third-order valence-electron chi connectivity index (χ3n) is 3.29. The number of esters is 1. The van der Waals surface area contributed by atoms with E-state index in [9.17, 15) is 9.59 Å². The Kier molecular flexibility index (Phi) is 5.31. The second-order valence-electron chi connectivity index (χ2n) is 4.69. The minimum Gasteiger partial charge on any atom is -0.497 e. The van der Waals surface area contributed by atoms with Crippen molar-refractivity contribution in [1.82, 2.24) is 0 Å². The van der Waals surface area contributed by atoms with E-state index in [1.807, 2.05) is 6.07 Å². The second kappa shape index (κ2) is 7.41. The Hall–Kier alpha value is -2.62. The molecule has 1 unspecified atom stereocenters. The number of ketones is 1. The molecule has 0 saturated heterocycles. The van der Waals surface area contributed by atoms with Gasteiger partial charge in [0, 0.05) is 5.56 Å². The van der Waals surface area contributed by atoms with Crippen LogP contribution in [0, 0.1) is 0 Å². The van der Waals surface area contributed by atoms with Gasteiger partial charge in [-0.15, -0.1) is 0 Å². The van der Waals surface area contributed by atoms with Crippen LogP contribution in [0.25, 0.3) is 0 Å². The number of hydrogen-bond donors (Lipinski definition) is 0. The van der Waals surface area contributed by atoms with Gasteiger partial charge < -0.3 is 9.47 Å². The summed E-state index contributed by atoms with van der Waals surface area (Å²) in [6.45, 7) is 1.95. The first-order valence-electron chi connectivity index (χ1n) is 7.07. The highest BCUT2D eigenvalue weighted by Gasteiger charge is 2.30. The van der Waals surface area contributed by atoms with Crippen LogP contribution in [0.5, 0.6) is 5.75 Å². The lowest BCUT2D eigenvalue weighted by molar-refractivity contribution is -0.143. The maximum Gasteiger partial charge on any atom is 0.321 e. The van der Waals surface area contributed by atoms with Crippen molar-refractivity contribution in [2.75, 3.05) is 13.7 Å². The van der Waals surface area contributed by atoms with E-state index in [4.69, 9.17) is 9.47 Å². The molecule has 0 amide bonds. The zero-order valence-electron chi connectivity index (χ0n) is 12.6. The summed E-state index contributed by atoms with van der Waals surface area (Å²) in [6, 6.07) is 15.6. The Morgan fingerprint density at radius 2 is 1.64 bits per heavy atom. The summed E-state index contributed by atoms with van der Waals surface area (Å²) >= 11 is 0. The molecule has 22 heavy (non-hydrogen) atoms. The molecule has 2 aromatic carbocycles. The summed E-state index contributed by atoms with van der Waals surface area (Å²) in [5, 5.41) is 0. The van der Waals surface area contributed by atoms with Crippen molar-refractivity contribution in [3.05, 3.63) is 65.7 Å². The van der Waals surface area contributed by atoms with E-state index >= 15 is 0 Å². The Bertz CT molecular complexity index is 632. The maximum atomic E-state index is 12.7. The van der Waals surface area contributed by atoms with Crippen molar-refractivity contribution in [2.24, 2.45) is 0 Å². The minimum atomic E-state index is -0.949. The van der Waals surface area contributed by atoms with E-state index in [-0.39, 0.29) is 12.4 Å². The average molecular weight is 298 g/mol. The van der Waals surface area contributed by atoms with E-state index in [1.54, 1.807) is 62.6 Å². The van der Waals surface area contributed by atoms with Gasteiger partial charge in [0.15, 0.2) is 5.78 Å². The number of hydrogen-bond acceptors (Lipinski definition) is 4. The highest BCUT2D eigenvalue weighted by atomic mass is 16.5. The number of Topliss-reactive ketones (excluding diaryl/α,β-unsaturated/α-hetero) is 1. The number of ether oxygens (including phenoxy) is 2. The highest BCUT2D eigenvalue weighted by molar-refractivity contribution is 6.13. The van der Waals surface area contributed by atoms with Gasteiger partial charge in [-0.25, -0.2) is 0 Å². The van der Waals surface area contributed by atoms with E-state index in [0.717, 1.165) is 0 Å². The molecule has 0 heterocycles. The lowest BCUT2D eigenvalue weighted by Gasteiger charge is -2.15. The first-order chi connectivity index (χ1) is 10.7. The molecule has 0 fully saturated rings. The second-order valence-corrected chi connectivity index (χ2v) is 4.69. The van der Waals surface area contributed by atoms with Crippen LogP contribution < -0.4 is 4.74 Å². The Morgan fingerprint density at radius 3 is 2.18 bits per heavy atom. The van der Waals surface area contributed by atoms with E-state index in [1.165, 1.54) is 0 Å². The monoisotopic (exact) mass is 298 g/mol. The Morgan fingerprint density at radius 1 is 1.00 bits per heavy atom. The fourth-order valence-corrected chi connectivity index (χ4v) is 2.19. The Labute approximate surface area is 129 Å². The van der Waals surface area contributed by atoms with Crippen molar-refractivity contribution in [2.45, 2.75) is 12.8 Å². The summed E-state index contributed by atoms with van der Waals surface area (Å²) in [4.78, 5) is 24.9. The molecule has 0 bridgehead atoms. The van der Waals surface area contributed by atoms with Gasteiger partial charge in [-0.2, -0.15) is 0 Å². The first kappa shape index (κ1) is 15.8. The molecular weight excluding hydrogens is 280 g/mol. The molecule has 0 aromatic heterocycles. The van der Waals surface area contributed by atoms with Crippen LogP contribution in [0.2, 0.25) is 0 Å². The largest absolute Gasteiger partial charge is 0.497 e. The van der Waals surface area contributed by atoms with Gasteiger partial charge in [0.1, 0.15) is 11.7 Å². The third-order valence-corrected chi connectivity index (χ3v) is 3.29. The number of methoxy groups -OCH3 is 1. The van der Waals surface area contributed by atoms with Crippen LogP contribution in [-0.4, -0.2) is 25.5 Å². The standard InChI is InChI=1S/C18H18O4/c1-3-22-18(20)16(13-7-5-4-6-8-13)17(19)14-9-11-15(21-2)12-10-14/h4-12,16H,3H2,1-2H3. The third kappa shape index (κ3) is 3.52. The molecule has 114 valence electrons. The molecule has 2 aromatic rings. The van der Waals surface area contributed by atoms with Crippen molar-refractivity contribution in [1.29, 1.82) is 0 Å². The van der Waals surface area contributed by atoms with Crippen LogP contribution in [0.15, 0.2) is 54.6 Å². The van der Waals surface area contributed by atoms with Crippen LogP contribution in [-0.2, 0) is 9.53 Å². The molecule has 0 radical (unpaired) electrons. The zero-order chi connectivity index (χ0) is 15.9. The maximum absolute atomic E-state index is 12.7. The van der Waals surface area contributed by atoms with Crippen LogP contribution in [0.1, 0.15) is 28.8 Å². The molecule has 0 aliphatic rings. The summed E-state index contributed by atoms with van der Waals surface area (Å²) in [5.74, 6) is -1.11. The van der Waals surface area contributed by atoms with Crippen molar-refractivity contribution >= 4 is 11.8 Å². The van der Waals surface area contributed by atoms with Gasteiger partial charge >= 0.3 is 5.97 Å². The smallest absolute Gasteiger partial charge is 0.321 e. The van der Waals surface area contributed by atoms with Gasteiger partial charge in [-0.05, 0) is 36.8 Å².